The maximum atomic E-state index is 9.10. The van der Waals surface area contributed by atoms with Crippen LogP contribution < -0.4 is 9.47 Å². The molecule has 0 atom stereocenters. The molecule has 0 spiro atoms. The molecule has 2 N–H and O–H groups in total. The second-order valence-corrected chi connectivity index (χ2v) is 8.00. The fraction of sp³-hybridized carbons (Fsp3) is 0.308. The van der Waals surface area contributed by atoms with Gasteiger partial charge in [-0.2, -0.15) is 0 Å². The van der Waals surface area contributed by atoms with Crippen molar-refractivity contribution in [1.29, 1.82) is 0 Å². The second kappa shape index (κ2) is 13.2. The molecule has 2 heterocycles. The summed E-state index contributed by atoms with van der Waals surface area (Å²) in [5, 5.41) is 14.8. The van der Waals surface area contributed by atoms with Crippen LogP contribution >= 0.6 is 0 Å². The molecule has 0 radical (unpaired) electrons. The molecular formula is C26H30N2O7. The van der Waals surface area contributed by atoms with E-state index in [2.05, 4.69) is 34.1 Å². The number of ether oxygens (including phenoxy) is 2. The number of benzene rings is 2. The Bertz CT molecular complexity index is 1050. The first-order valence-corrected chi connectivity index (χ1v) is 11.2. The van der Waals surface area contributed by atoms with Crippen LogP contribution in [0.1, 0.15) is 16.9 Å². The predicted octanol–water partition coefficient (Wildman–Crippen LogP) is 3.34. The van der Waals surface area contributed by atoms with Crippen molar-refractivity contribution in [2.45, 2.75) is 19.7 Å². The van der Waals surface area contributed by atoms with Crippen LogP contribution in [0.5, 0.6) is 11.5 Å². The van der Waals surface area contributed by atoms with Gasteiger partial charge in [-0.3, -0.25) is 9.80 Å². The Morgan fingerprint density at radius 2 is 1.49 bits per heavy atom. The number of rotatable bonds is 8. The van der Waals surface area contributed by atoms with Crippen molar-refractivity contribution in [2.75, 3.05) is 33.3 Å². The summed E-state index contributed by atoms with van der Waals surface area (Å²) in [6, 6.07) is 20.4. The molecule has 0 bridgehead atoms. The van der Waals surface area contributed by atoms with E-state index < -0.39 is 11.9 Å². The van der Waals surface area contributed by atoms with Gasteiger partial charge < -0.3 is 24.1 Å². The Kier molecular flexibility index (Phi) is 9.70. The van der Waals surface area contributed by atoms with E-state index in [0.717, 1.165) is 62.1 Å². The molecule has 0 saturated carbocycles. The zero-order valence-corrected chi connectivity index (χ0v) is 19.6. The third kappa shape index (κ3) is 8.47. The van der Waals surface area contributed by atoms with E-state index in [1.807, 2.05) is 36.4 Å². The first-order valence-electron chi connectivity index (χ1n) is 11.2. The van der Waals surface area contributed by atoms with E-state index in [4.69, 9.17) is 33.7 Å². The summed E-state index contributed by atoms with van der Waals surface area (Å²) in [5.74, 6) is -1.04. The molecule has 35 heavy (non-hydrogen) atoms. The summed E-state index contributed by atoms with van der Waals surface area (Å²) in [6.45, 7) is 6.54. The quantitative estimate of drug-likeness (QED) is 0.467. The summed E-state index contributed by atoms with van der Waals surface area (Å²) in [7, 11) is 1.68. The van der Waals surface area contributed by atoms with Gasteiger partial charge in [0, 0.05) is 32.7 Å². The van der Waals surface area contributed by atoms with Crippen LogP contribution in [0.2, 0.25) is 0 Å². The maximum Gasteiger partial charge on any atom is 0.414 e. The van der Waals surface area contributed by atoms with E-state index in [-0.39, 0.29) is 0 Å². The molecule has 186 valence electrons. The van der Waals surface area contributed by atoms with Gasteiger partial charge in [0.2, 0.25) is 0 Å². The lowest BCUT2D eigenvalue weighted by atomic mass is 10.1. The van der Waals surface area contributed by atoms with Gasteiger partial charge in [-0.1, -0.05) is 36.4 Å². The smallest absolute Gasteiger partial charge is 0.414 e. The highest BCUT2D eigenvalue weighted by molar-refractivity contribution is 6.27. The van der Waals surface area contributed by atoms with E-state index in [0.29, 0.717) is 6.61 Å². The lowest BCUT2D eigenvalue weighted by Crippen LogP contribution is -2.45. The molecule has 1 fully saturated rings. The number of hydrogen-bond donors (Lipinski definition) is 2. The average molecular weight is 483 g/mol. The molecular weight excluding hydrogens is 452 g/mol. The third-order valence-corrected chi connectivity index (χ3v) is 5.48. The van der Waals surface area contributed by atoms with Crippen LogP contribution in [0.15, 0.2) is 71.3 Å². The number of carbonyl (C=O) groups is 2. The maximum absolute atomic E-state index is 9.10. The van der Waals surface area contributed by atoms with Crippen molar-refractivity contribution in [2.24, 2.45) is 0 Å². The van der Waals surface area contributed by atoms with Crippen LogP contribution in [0.25, 0.3) is 0 Å². The number of methoxy groups -OCH3 is 1. The number of piperazine rings is 1. The minimum atomic E-state index is -1.82. The van der Waals surface area contributed by atoms with Gasteiger partial charge in [0.05, 0.1) is 19.9 Å². The SMILES string of the molecule is COc1ccc(CN2CCN(Cc3ccco3)CC2)cc1OCc1ccccc1.O=C(O)C(=O)O. The molecule has 0 aliphatic carbocycles. The summed E-state index contributed by atoms with van der Waals surface area (Å²) in [6.07, 6.45) is 1.74. The third-order valence-electron chi connectivity index (χ3n) is 5.48. The molecule has 0 amide bonds. The highest BCUT2D eigenvalue weighted by atomic mass is 16.5. The molecule has 4 rings (SSSR count). The number of carboxylic acids is 2. The van der Waals surface area contributed by atoms with Crippen molar-refractivity contribution in [3.63, 3.8) is 0 Å². The van der Waals surface area contributed by atoms with Crippen LogP contribution in [-0.4, -0.2) is 65.2 Å². The Balaban J connectivity index is 0.000000509. The van der Waals surface area contributed by atoms with Crippen molar-refractivity contribution >= 4 is 11.9 Å². The van der Waals surface area contributed by atoms with Crippen LogP contribution in [-0.2, 0) is 29.3 Å². The Morgan fingerprint density at radius 1 is 0.829 bits per heavy atom. The summed E-state index contributed by atoms with van der Waals surface area (Å²) in [5.41, 5.74) is 2.39. The lowest BCUT2D eigenvalue weighted by Gasteiger charge is -2.34. The molecule has 1 aliphatic rings. The number of carboxylic acid groups (broad SMARTS) is 2. The second-order valence-electron chi connectivity index (χ2n) is 8.00. The van der Waals surface area contributed by atoms with Gasteiger partial charge in [-0.25, -0.2) is 9.59 Å². The summed E-state index contributed by atoms with van der Waals surface area (Å²) < 4.78 is 17.0. The first-order chi connectivity index (χ1) is 16.9. The highest BCUT2D eigenvalue weighted by Gasteiger charge is 2.18. The minimum absolute atomic E-state index is 0.534. The predicted molar refractivity (Wildman–Crippen MR) is 128 cm³/mol. The molecule has 2 aromatic carbocycles. The minimum Gasteiger partial charge on any atom is -0.493 e. The van der Waals surface area contributed by atoms with E-state index in [9.17, 15) is 0 Å². The largest absolute Gasteiger partial charge is 0.493 e. The normalized spacial score (nSPS) is 14.0. The van der Waals surface area contributed by atoms with Gasteiger partial charge >= 0.3 is 11.9 Å². The Hall–Kier alpha value is -3.82. The van der Waals surface area contributed by atoms with Crippen LogP contribution in [0, 0.1) is 0 Å². The number of hydrogen-bond acceptors (Lipinski definition) is 7. The number of aliphatic carboxylic acids is 2. The zero-order chi connectivity index (χ0) is 25.0. The highest BCUT2D eigenvalue weighted by Crippen LogP contribution is 2.29. The van der Waals surface area contributed by atoms with Gasteiger partial charge in [-0.15, -0.1) is 0 Å². The monoisotopic (exact) mass is 482 g/mol. The van der Waals surface area contributed by atoms with Gasteiger partial charge in [0.1, 0.15) is 12.4 Å². The van der Waals surface area contributed by atoms with Crippen molar-refractivity contribution in [1.82, 2.24) is 9.80 Å². The van der Waals surface area contributed by atoms with Crippen LogP contribution in [0.3, 0.4) is 0 Å². The summed E-state index contributed by atoms with van der Waals surface area (Å²) >= 11 is 0. The zero-order valence-electron chi connectivity index (χ0n) is 19.6. The molecule has 1 aromatic heterocycles. The van der Waals surface area contributed by atoms with E-state index in [1.54, 1.807) is 13.4 Å². The molecule has 9 nitrogen and oxygen atoms in total. The molecule has 0 unspecified atom stereocenters. The Morgan fingerprint density at radius 3 is 2.06 bits per heavy atom. The number of furan rings is 1. The summed E-state index contributed by atoms with van der Waals surface area (Å²) in [4.78, 5) is 23.1. The van der Waals surface area contributed by atoms with Gasteiger partial charge in [0.25, 0.3) is 0 Å². The van der Waals surface area contributed by atoms with Gasteiger partial charge in [-0.05, 0) is 35.4 Å². The fourth-order valence-electron chi connectivity index (χ4n) is 3.65. The molecule has 1 aliphatic heterocycles. The van der Waals surface area contributed by atoms with Crippen molar-refractivity contribution in [3.8, 4) is 11.5 Å². The topological polar surface area (TPSA) is 113 Å². The first kappa shape index (κ1) is 25.8. The Labute approximate surface area is 204 Å². The van der Waals surface area contributed by atoms with Crippen LogP contribution in [0.4, 0.5) is 0 Å². The lowest BCUT2D eigenvalue weighted by molar-refractivity contribution is -0.159. The standard InChI is InChI=1S/C24H28N2O3.C2H2O4/c1-27-23-10-9-21(16-24(23)29-19-20-6-3-2-4-7-20)17-25-11-13-26(14-12-25)18-22-8-5-15-28-22;3-1(4)2(5)6/h2-10,15-16H,11-14,17-19H2,1H3;(H,3,4)(H,5,6). The van der Waals surface area contributed by atoms with Crippen molar-refractivity contribution in [3.05, 3.63) is 83.8 Å². The van der Waals surface area contributed by atoms with Gasteiger partial charge in [0.15, 0.2) is 11.5 Å². The van der Waals surface area contributed by atoms with Crippen molar-refractivity contribution < 1.29 is 33.7 Å². The molecule has 9 heteroatoms. The van der Waals surface area contributed by atoms with E-state index >= 15 is 0 Å². The van der Waals surface area contributed by atoms with E-state index in [1.165, 1.54) is 5.56 Å². The number of nitrogens with zero attached hydrogens (tertiary/aromatic N) is 2. The average Bonchev–Trinajstić information content (AvgIpc) is 3.38. The molecule has 3 aromatic rings. The molecule has 1 saturated heterocycles. The fourth-order valence-corrected chi connectivity index (χ4v) is 3.65.